The minimum Gasteiger partial charge on any atom is -0.496 e. The standard InChI is InChI=1S/C16H23N3O/c1-4-14-11-15(19(2)18-14)10-13(17)9-12-7-5-6-8-16(12)20-3/h5-8,11,13H,4,9-10,17H2,1-3H3. The highest BCUT2D eigenvalue weighted by Crippen LogP contribution is 2.19. The molecule has 0 fully saturated rings. The van der Waals surface area contributed by atoms with Gasteiger partial charge in [0.25, 0.3) is 0 Å². The lowest BCUT2D eigenvalue weighted by atomic mass is 10.0. The van der Waals surface area contributed by atoms with Gasteiger partial charge in [0.2, 0.25) is 0 Å². The number of hydrogen-bond acceptors (Lipinski definition) is 3. The summed E-state index contributed by atoms with van der Waals surface area (Å²) in [6.07, 6.45) is 2.58. The maximum Gasteiger partial charge on any atom is 0.122 e. The number of nitrogens with two attached hydrogens (primary N) is 1. The maximum absolute atomic E-state index is 6.28. The van der Waals surface area contributed by atoms with Crippen molar-refractivity contribution in [1.82, 2.24) is 9.78 Å². The number of aryl methyl sites for hydroxylation is 2. The molecule has 1 aromatic heterocycles. The van der Waals surface area contributed by atoms with Gasteiger partial charge in [-0.15, -0.1) is 0 Å². The number of nitrogens with zero attached hydrogens (tertiary/aromatic N) is 2. The number of hydrogen-bond donors (Lipinski definition) is 1. The fourth-order valence-electron chi connectivity index (χ4n) is 2.43. The van der Waals surface area contributed by atoms with Gasteiger partial charge >= 0.3 is 0 Å². The quantitative estimate of drug-likeness (QED) is 0.877. The summed E-state index contributed by atoms with van der Waals surface area (Å²) in [5.74, 6) is 0.905. The first kappa shape index (κ1) is 14.6. The van der Waals surface area contributed by atoms with Crippen molar-refractivity contribution in [3.8, 4) is 5.75 Å². The molecule has 1 unspecified atom stereocenters. The molecule has 4 heteroatoms. The van der Waals surface area contributed by atoms with Crippen LogP contribution in [0.2, 0.25) is 0 Å². The van der Waals surface area contributed by atoms with Gasteiger partial charge in [-0.05, 0) is 30.5 Å². The Balaban J connectivity index is 2.04. The van der Waals surface area contributed by atoms with Gasteiger partial charge in [0.1, 0.15) is 5.75 Å². The van der Waals surface area contributed by atoms with Gasteiger partial charge in [-0.1, -0.05) is 25.1 Å². The summed E-state index contributed by atoms with van der Waals surface area (Å²) in [4.78, 5) is 0. The van der Waals surface area contributed by atoms with Crippen molar-refractivity contribution in [2.45, 2.75) is 32.2 Å². The summed E-state index contributed by atoms with van der Waals surface area (Å²) in [6.45, 7) is 2.11. The second-order valence-electron chi connectivity index (χ2n) is 5.08. The SMILES string of the molecule is CCc1cc(CC(N)Cc2ccccc2OC)n(C)n1. The van der Waals surface area contributed by atoms with Crippen molar-refractivity contribution >= 4 is 0 Å². The summed E-state index contributed by atoms with van der Waals surface area (Å²) < 4.78 is 7.30. The molecule has 2 aromatic rings. The van der Waals surface area contributed by atoms with Crippen LogP contribution in [0.1, 0.15) is 23.9 Å². The Hall–Kier alpha value is -1.81. The van der Waals surface area contributed by atoms with Crippen LogP contribution in [0.3, 0.4) is 0 Å². The van der Waals surface area contributed by atoms with Gasteiger partial charge in [0.15, 0.2) is 0 Å². The first-order valence-corrected chi connectivity index (χ1v) is 7.03. The third kappa shape index (κ3) is 3.39. The first-order chi connectivity index (χ1) is 9.63. The van der Waals surface area contributed by atoms with Crippen LogP contribution in [0, 0.1) is 0 Å². The second kappa shape index (κ2) is 6.57. The van der Waals surface area contributed by atoms with E-state index in [0.717, 1.165) is 36.3 Å². The lowest BCUT2D eigenvalue weighted by Gasteiger charge is -2.14. The fourth-order valence-corrected chi connectivity index (χ4v) is 2.43. The summed E-state index contributed by atoms with van der Waals surface area (Å²) in [5, 5.41) is 4.46. The van der Waals surface area contributed by atoms with Gasteiger partial charge in [-0.25, -0.2) is 0 Å². The van der Waals surface area contributed by atoms with Crippen LogP contribution in [0.5, 0.6) is 5.75 Å². The highest BCUT2D eigenvalue weighted by molar-refractivity contribution is 5.34. The smallest absolute Gasteiger partial charge is 0.122 e. The topological polar surface area (TPSA) is 53.1 Å². The maximum atomic E-state index is 6.28. The third-order valence-electron chi connectivity index (χ3n) is 3.54. The summed E-state index contributed by atoms with van der Waals surface area (Å²) in [7, 11) is 3.67. The summed E-state index contributed by atoms with van der Waals surface area (Å²) in [5.41, 5.74) is 9.74. The van der Waals surface area contributed by atoms with Crippen LogP contribution < -0.4 is 10.5 Å². The van der Waals surface area contributed by atoms with E-state index in [1.807, 2.05) is 29.9 Å². The molecule has 0 saturated carbocycles. The van der Waals surface area contributed by atoms with E-state index < -0.39 is 0 Å². The molecule has 2 rings (SSSR count). The zero-order valence-electron chi connectivity index (χ0n) is 12.5. The van der Waals surface area contributed by atoms with E-state index in [-0.39, 0.29) is 6.04 Å². The van der Waals surface area contributed by atoms with E-state index in [9.17, 15) is 0 Å². The van der Waals surface area contributed by atoms with E-state index in [1.165, 1.54) is 5.69 Å². The van der Waals surface area contributed by atoms with Crippen molar-refractivity contribution < 1.29 is 4.74 Å². The molecule has 0 saturated heterocycles. The molecule has 1 aromatic carbocycles. The third-order valence-corrected chi connectivity index (χ3v) is 3.54. The Morgan fingerprint density at radius 1 is 1.30 bits per heavy atom. The predicted molar refractivity (Wildman–Crippen MR) is 81.0 cm³/mol. The molecule has 0 aliphatic carbocycles. The van der Waals surface area contributed by atoms with Gasteiger partial charge in [-0.2, -0.15) is 5.10 Å². The number of methoxy groups -OCH3 is 1. The summed E-state index contributed by atoms with van der Waals surface area (Å²) in [6, 6.07) is 10.2. The molecular formula is C16H23N3O. The van der Waals surface area contributed by atoms with Crippen LogP contribution >= 0.6 is 0 Å². The predicted octanol–water partition coefficient (Wildman–Crippen LogP) is 2.10. The van der Waals surface area contributed by atoms with Gasteiger partial charge in [-0.3, -0.25) is 4.68 Å². The van der Waals surface area contributed by atoms with Crippen LogP contribution in [0.25, 0.3) is 0 Å². The monoisotopic (exact) mass is 273 g/mol. The fraction of sp³-hybridized carbons (Fsp3) is 0.438. The zero-order valence-corrected chi connectivity index (χ0v) is 12.5. The van der Waals surface area contributed by atoms with Crippen molar-refractivity contribution in [2.24, 2.45) is 12.8 Å². The van der Waals surface area contributed by atoms with Gasteiger partial charge in [0, 0.05) is 25.2 Å². The average molecular weight is 273 g/mol. The molecule has 0 radical (unpaired) electrons. The highest BCUT2D eigenvalue weighted by Gasteiger charge is 2.12. The van der Waals surface area contributed by atoms with Crippen LogP contribution in [0.4, 0.5) is 0 Å². The zero-order chi connectivity index (χ0) is 14.5. The van der Waals surface area contributed by atoms with E-state index in [2.05, 4.69) is 24.2 Å². The van der Waals surface area contributed by atoms with Crippen molar-refractivity contribution in [2.75, 3.05) is 7.11 Å². The van der Waals surface area contributed by atoms with Crippen LogP contribution in [0.15, 0.2) is 30.3 Å². The number of rotatable bonds is 6. The van der Waals surface area contributed by atoms with Gasteiger partial charge in [0.05, 0.1) is 12.8 Å². The largest absolute Gasteiger partial charge is 0.496 e. The number of para-hydroxylation sites is 1. The lowest BCUT2D eigenvalue weighted by Crippen LogP contribution is -2.26. The molecule has 2 N–H and O–H groups in total. The molecule has 0 bridgehead atoms. The average Bonchev–Trinajstić information content (AvgIpc) is 2.80. The Labute approximate surface area is 120 Å². The van der Waals surface area contributed by atoms with Crippen molar-refractivity contribution in [3.63, 3.8) is 0 Å². The van der Waals surface area contributed by atoms with Gasteiger partial charge < -0.3 is 10.5 Å². The molecule has 0 aliphatic heterocycles. The Morgan fingerprint density at radius 3 is 2.70 bits per heavy atom. The number of ether oxygens (including phenoxy) is 1. The minimum atomic E-state index is 0.0615. The normalized spacial score (nSPS) is 12.4. The van der Waals surface area contributed by atoms with E-state index in [4.69, 9.17) is 10.5 Å². The molecule has 108 valence electrons. The molecule has 20 heavy (non-hydrogen) atoms. The Bertz CT molecular complexity index is 563. The molecule has 1 heterocycles. The van der Waals surface area contributed by atoms with Crippen molar-refractivity contribution in [3.05, 3.63) is 47.3 Å². The molecular weight excluding hydrogens is 250 g/mol. The molecule has 1 atom stereocenters. The van der Waals surface area contributed by atoms with Crippen LogP contribution in [-0.4, -0.2) is 22.9 Å². The molecule has 0 aliphatic rings. The Kier molecular flexibility index (Phi) is 4.79. The van der Waals surface area contributed by atoms with E-state index >= 15 is 0 Å². The Morgan fingerprint density at radius 2 is 2.05 bits per heavy atom. The molecule has 0 spiro atoms. The molecule has 0 amide bonds. The second-order valence-corrected chi connectivity index (χ2v) is 5.08. The number of benzene rings is 1. The first-order valence-electron chi connectivity index (χ1n) is 7.03. The number of aromatic nitrogens is 2. The molecule has 4 nitrogen and oxygen atoms in total. The highest BCUT2D eigenvalue weighted by atomic mass is 16.5. The van der Waals surface area contributed by atoms with E-state index in [0.29, 0.717) is 0 Å². The summed E-state index contributed by atoms with van der Waals surface area (Å²) >= 11 is 0. The van der Waals surface area contributed by atoms with Crippen molar-refractivity contribution in [1.29, 1.82) is 0 Å². The lowest BCUT2D eigenvalue weighted by molar-refractivity contribution is 0.407. The van der Waals surface area contributed by atoms with Crippen LogP contribution in [-0.2, 0) is 26.3 Å². The minimum absolute atomic E-state index is 0.0615. The van der Waals surface area contributed by atoms with E-state index in [1.54, 1.807) is 7.11 Å².